The van der Waals surface area contributed by atoms with E-state index in [9.17, 15) is 9.90 Å². The molecule has 3 heteroatoms. The number of carbonyl (C=O) groups is 1. The quantitative estimate of drug-likeness (QED) is 0.755. The van der Waals surface area contributed by atoms with Crippen molar-refractivity contribution >= 4 is 5.97 Å². The van der Waals surface area contributed by atoms with E-state index in [0.717, 1.165) is 19.3 Å². The van der Waals surface area contributed by atoms with E-state index in [1.165, 1.54) is 0 Å². The third-order valence-corrected chi connectivity index (χ3v) is 3.91. The zero-order chi connectivity index (χ0) is 11.6. The fourth-order valence-electron chi connectivity index (χ4n) is 3.06. The van der Waals surface area contributed by atoms with Crippen LogP contribution in [0.25, 0.3) is 0 Å². The van der Waals surface area contributed by atoms with Crippen LogP contribution in [-0.2, 0) is 4.79 Å². The molecule has 0 spiro atoms. The molecule has 1 rings (SSSR count). The minimum atomic E-state index is -0.703. The molecule has 1 aliphatic rings. The van der Waals surface area contributed by atoms with E-state index in [1.807, 2.05) is 0 Å². The van der Waals surface area contributed by atoms with Crippen LogP contribution in [0.3, 0.4) is 0 Å². The van der Waals surface area contributed by atoms with Crippen LogP contribution in [0.5, 0.6) is 0 Å². The number of hydrogen-bond donors (Lipinski definition) is 2. The first kappa shape index (κ1) is 12.5. The van der Waals surface area contributed by atoms with Gasteiger partial charge in [0.05, 0.1) is 0 Å². The number of rotatable bonds is 3. The highest BCUT2D eigenvalue weighted by molar-refractivity contribution is 5.79. The van der Waals surface area contributed by atoms with Crippen molar-refractivity contribution in [2.24, 2.45) is 17.8 Å². The summed E-state index contributed by atoms with van der Waals surface area (Å²) in [4.78, 5) is 11.5. The van der Waals surface area contributed by atoms with Crippen molar-refractivity contribution in [2.45, 2.75) is 45.6 Å². The summed E-state index contributed by atoms with van der Waals surface area (Å²) in [6.45, 7) is 6.39. The predicted octanol–water partition coefficient (Wildman–Crippen LogP) is 2.12. The molecule has 0 saturated heterocycles. The largest absolute Gasteiger partial charge is 0.480 e. The van der Waals surface area contributed by atoms with Gasteiger partial charge in [-0.1, -0.05) is 27.2 Å². The Bertz CT molecular complexity index is 240. The zero-order valence-corrected chi connectivity index (χ0v) is 10.2. The number of likely N-dealkylation sites (N-methyl/N-ethyl adjacent to an activating group) is 1. The second-order valence-electron chi connectivity index (χ2n) is 5.26. The summed E-state index contributed by atoms with van der Waals surface area (Å²) < 4.78 is 0. The number of carboxylic acids is 1. The van der Waals surface area contributed by atoms with Crippen LogP contribution in [0.2, 0.25) is 0 Å². The molecule has 0 bridgehead atoms. The molecule has 0 aromatic heterocycles. The fourth-order valence-corrected chi connectivity index (χ4v) is 3.06. The van der Waals surface area contributed by atoms with E-state index < -0.39 is 11.5 Å². The lowest BCUT2D eigenvalue weighted by Gasteiger charge is -2.45. The highest BCUT2D eigenvalue weighted by atomic mass is 16.4. The van der Waals surface area contributed by atoms with Crippen LogP contribution >= 0.6 is 0 Å². The van der Waals surface area contributed by atoms with Crippen LogP contribution in [0.4, 0.5) is 0 Å². The number of aliphatic carboxylic acids is 1. The molecule has 1 saturated carbocycles. The Morgan fingerprint density at radius 1 is 1.47 bits per heavy atom. The molecule has 3 nitrogen and oxygen atoms in total. The minimum absolute atomic E-state index is 0.246. The molecule has 88 valence electrons. The van der Waals surface area contributed by atoms with E-state index >= 15 is 0 Å². The Morgan fingerprint density at radius 3 is 2.47 bits per heavy atom. The SMILES string of the molecule is CNC1(C(=O)O)CC(C)CCC1C(C)C. The van der Waals surface area contributed by atoms with Gasteiger partial charge in [0.2, 0.25) is 0 Å². The van der Waals surface area contributed by atoms with E-state index in [4.69, 9.17) is 0 Å². The molecule has 15 heavy (non-hydrogen) atoms. The van der Waals surface area contributed by atoms with E-state index in [2.05, 4.69) is 26.1 Å². The molecule has 2 N–H and O–H groups in total. The summed E-state index contributed by atoms with van der Waals surface area (Å²) in [5, 5.41) is 12.5. The summed E-state index contributed by atoms with van der Waals surface area (Å²) in [5.74, 6) is 0.482. The molecule has 1 fully saturated rings. The molecule has 0 aromatic rings. The number of nitrogens with one attached hydrogen (secondary N) is 1. The molecule has 0 aliphatic heterocycles. The lowest BCUT2D eigenvalue weighted by Crippen LogP contribution is -2.60. The van der Waals surface area contributed by atoms with Crippen molar-refractivity contribution in [1.29, 1.82) is 0 Å². The molecule has 0 heterocycles. The van der Waals surface area contributed by atoms with Gasteiger partial charge in [-0.25, -0.2) is 0 Å². The molecule has 3 atom stereocenters. The topological polar surface area (TPSA) is 49.3 Å². The average Bonchev–Trinajstić information content (AvgIpc) is 2.16. The van der Waals surface area contributed by atoms with Gasteiger partial charge in [0.15, 0.2) is 0 Å². The van der Waals surface area contributed by atoms with Gasteiger partial charge in [-0.15, -0.1) is 0 Å². The zero-order valence-electron chi connectivity index (χ0n) is 10.2. The second kappa shape index (κ2) is 4.52. The molecule has 0 aromatic carbocycles. The maximum absolute atomic E-state index is 11.5. The Hall–Kier alpha value is -0.570. The molecular formula is C12H23NO2. The summed E-state index contributed by atoms with van der Waals surface area (Å²) >= 11 is 0. The van der Waals surface area contributed by atoms with Gasteiger partial charge < -0.3 is 10.4 Å². The Kier molecular flexibility index (Phi) is 3.77. The Morgan fingerprint density at radius 2 is 2.07 bits per heavy atom. The molecule has 3 unspecified atom stereocenters. The highest BCUT2D eigenvalue weighted by Crippen LogP contribution is 2.40. The first-order valence-electron chi connectivity index (χ1n) is 5.86. The van der Waals surface area contributed by atoms with E-state index in [-0.39, 0.29) is 5.92 Å². The Balaban J connectivity index is 2.99. The van der Waals surface area contributed by atoms with E-state index in [0.29, 0.717) is 11.8 Å². The van der Waals surface area contributed by atoms with Crippen molar-refractivity contribution in [1.82, 2.24) is 5.32 Å². The fraction of sp³-hybridized carbons (Fsp3) is 0.917. The second-order valence-corrected chi connectivity index (χ2v) is 5.26. The smallest absolute Gasteiger partial charge is 0.324 e. The van der Waals surface area contributed by atoms with Crippen molar-refractivity contribution in [3.05, 3.63) is 0 Å². The molecular weight excluding hydrogens is 190 g/mol. The average molecular weight is 213 g/mol. The maximum Gasteiger partial charge on any atom is 0.324 e. The van der Waals surface area contributed by atoms with Gasteiger partial charge in [0.25, 0.3) is 0 Å². The number of carboxylic acid groups (broad SMARTS) is 1. The van der Waals surface area contributed by atoms with Gasteiger partial charge in [0.1, 0.15) is 5.54 Å². The van der Waals surface area contributed by atoms with Crippen molar-refractivity contribution in [2.75, 3.05) is 7.05 Å². The lowest BCUT2D eigenvalue weighted by atomic mass is 9.65. The van der Waals surface area contributed by atoms with Gasteiger partial charge in [0, 0.05) is 0 Å². The van der Waals surface area contributed by atoms with Crippen LogP contribution in [0.1, 0.15) is 40.0 Å². The predicted molar refractivity (Wildman–Crippen MR) is 60.8 cm³/mol. The minimum Gasteiger partial charge on any atom is -0.480 e. The first-order valence-corrected chi connectivity index (χ1v) is 5.86. The van der Waals surface area contributed by atoms with Gasteiger partial charge >= 0.3 is 5.97 Å². The summed E-state index contributed by atoms with van der Waals surface area (Å²) in [5.41, 5.74) is -0.703. The Labute approximate surface area is 92.3 Å². The standard InChI is InChI=1S/C12H23NO2/c1-8(2)10-6-5-9(3)7-12(10,13-4)11(14)15/h8-10,13H,5-7H2,1-4H3,(H,14,15). The highest BCUT2D eigenvalue weighted by Gasteiger charge is 2.48. The van der Waals surface area contributed by atoms with Crippen LogP contribution in [0.15, 0.2) is 0 Å². The summed E-state index contributed by atoms with van der Waals surface area (Å²) in [7, 11) is 1.78. The molecule has 1 aliphatic carbocycles. The van der Waals surface area contributed by atoms with E-state index in [1.54, 1.807) is 7.05 Å². The summed E-state index contributed by atoms with van der Waals surface area (Å²) in [6, 6.07) is 0. The van der Waals surface area contributed by atoms with Gasteiger partial charge in [-0.3, -0.25) is 4.79 Å². The van der Waals surface area contributed by atoms with Gasteiger partial charge in [-0.05, 0) is 37.6 Å². The maximum atomic E-state index is 11.5. The van der Waals surface area contributed by atoms with Crippen molar-refractivity contribution in [3.8, 4) is 0 Å². The molecule has 0 radical (unpaired) electrons. The third kappa shape index (κ3) is 2.17. The van der Waals surface area contributed by atoms with Crippen molar-refractivity contribution in [3.63, 3.8) is 0 Å². The monoisotopic (exact) mass is 213 g/mol. The van der Waals surface area contributed by atoms with Crippen molar-refractivity contribution < 1.29 is 9.90 Å². The molecule has 0 amide bonds. The van der Waals surface area contributed by atoms with Crippen LogP contribution in [0, 0.1) is 17.8 Å². The number of hydrogen-bond acceptors (Lipinski definition) is 2. The van der Waals surface area contributed by atoms with Crippen LogP contribution < -0.4 is 5.32 Å². The van der Waals surface area contributed by atoms with Crippen LogP contribution in [-0.4, -0.2) is 23.7 Å². The normalized spacial score (nSPS) is 36.9. The van der Waals surface area contributed by atoms with Gasteiger partial charge in [-0.2, -0.15) is 0 Å². The summed E-state index contributed by atoms with van der Waals surface area (Å²) in [6.07, 6.45) is 2.92. The third-order valence-electron chi connectivity index (χ3n) is 3.91. The first-order chi connectivity index (χ1) is 6.94. The lowest BCUT2D eigenvalue weighted by molar-refractivity contribution is -0.151.